The quantitative estimate of drug-likeness (QED) is 0.161. The number of hydrogen-bond donors (Lipinski definition) is 0. The molecule has 0 unspecified atom stereocenters. The standard InChI is InChI=1S/C50H33N3/c51-22-28-20-36-47(40-27-14-12-26(13-15-27)39(28)40)45-34-18-16-24-6-5-7-25-17-19-35(44(34)38(24)25)46-48-37(53(36)50(45)46)21-29(23-52)41-42-30-8-1-3-10-32(30)43(49(41)48)33-11-4-2-9-31(33)42/h1-11,20-21,26-27,42-43H,12-19H2. The van der Waals surface area contributed by atoms with Crippen LogP contribution >= 0.6 is 0 Å². The van der Waals surface area contributed by atoms with Crippen molar-refractivity contribution < 1.29 is 0 Å². The smallest absolute Gasteiger partial charge is 0.0995 e. The van der Waals surface area contributed by atoms with Crippen LogP contribution < -0.4 is 0 Å². The first-order chi connectivity index (χ1) is 26.2. The fourth-order valence-electron chi connectivity index (χ4n) is 13.3. The van der Waals surface area contributed by atoms with Crippen molar-refractivity contribution in [1.82, 2.24) is 4.40 Å². The van der Waals surface area contributed by atoms with Crippen LogP contribution in [0.5, 0.6) is 0 Å². The fourth-order valence-corrected chi connectivity index (χ4v) is 13.3. The van der Waals surface area contributed by atoms with E-state index in [1.54, 1.807) is 0 Å². The molecule has 0 atom stereocenters. The maximum Gasteiger partial charge on any atom is 0.0995 e. The molecule has 6 aromatic carbocycles. The lowest BCUT2D eigenvalue weighted by atomic mass is 9.59. The van der Waals surface area contributed by atoms with Gasteiger partial charge in [-0.25, -0.2) is 0 Å². The predicted molar refractivity (Wildman–Crippen MR) is 210 cm³/mol. The van der Waals surface area contributed by atoms with E-state index in [9.17, 15) is 10.5 Å². The lowest BCUT2D eigenvalue weighted by Crippen LogP contribution is -2.28. The molecule has 8 aliphatic carbocycles. The highest BCUT2D eigenvalue weighted by Crippen LogP contribution is 2.62. The van der Waals surface area contributed by atoms with Crippen LogP contribution in [0.25, 0.3) is 49.2 Å². The van der Waals surface area contributed by atoms with Gasteiger partial charge in [-0.1, -0.05) is 66.7 Å². The molecular formula is C50H33N3. The highest BCUT2D eigenvalue weighted by Gasteiger charge is 2.46. The van der Waals surface area contributed by atoms with E-state index in [4.69, 9.17) is 0 Å². The van der Waals surface area contributed by atoms with Gasteiger partial charge < -0.3 is 4.40 Å². The number of rotatable bonds is 0. The number of hydrogen-bond acceptors (Lipinski definition) is 2. The maximum absolute atomic E-state index is 11.1. The molecule has 3 heteroatoms. The minimum Gasteiger partial charge on any atom is -0.308 e. The van der Waals surface area contributed by atoms with Gasteiger partial charge in [0, 0.05) is 33.4 Å². The Morgan fingerprint density at radius 3 is 1.53 bits per heavy atom. The summed E-state index contributed by atoms with van der Waals surface area (Å²) < 4.78 is 2.56. The van der Waals surface area contributed by atoms with E-state index in [-0.39, 0.29) is 11.8 Å². The Balaban J connectivity index is 1.27. The molecule has 2 heterocycles. The number of nitriles is 2. The largest absolute Gasteiger partial charge is 0.308 e. The molecule has 248 valence electrons. The maximum atomic E-state index is 11.1. The van der Waals surface area contributed by atoms with Crippen molar-refractivity contribution in [2.75, 3.05) is 0 Å². The van der Waals surface area contributed by atoms with Gasteiger partial charge in [-0.15, -0.1) is 0 Å². The molecule has 0 saturated heterocycles. The molecule has 1 saturated carbocycles. The van der Waals surface area contributed by atoms with E-state index >= 15 is 0 Å². The summed E-state index contributed by atoms with van der Waals surface area (Å²) in [6.45, 7) is 0. The van der Waals surface area contributed by atoms with Gasteiger partial charge >= 0.3 is 0 Å². The van der Waals surface area contributed by atoms with Gasteiger partial charge in [0.2, 0.25) is 0 Å². The number of fused-ring (bicyclic) bond motifs is 10. The number of aromatic nitrogens is 1. The lowest BCUT2D eigenvalue weighted by molar-refractivity contribution is 0.360. The van der Waals surface area contributed by atoms with E-state index in [2.05, 4.69) is 95.4 Å². The van der Waals surface area contributed by atoms with Crippen molar-refractivity contribution in [2.24, 2.45) is 0 Å². The summed E-state index contributed by atoms with van der Waals surface area (Å²) in [6.07, 6.45) is 9.03. The Labute approximate surface area is 307 Å². The SMILES string of the molecule is N#Cc1cc2c(c3c1C1CCC3CC1)c1c3c4c(c5c6c7c(c(C#N)cc6n2c15)C1c2ccccc2C7c2ccccc21)CCc1cccc(c1-4)CC3. The second-order valence-corrected chi connectivity index (χ2v) is 16.9. The second kappa shape index (κ2) is 9.17. The zero-order valence-corrected chi connectivity index (χ0v) is 29.3. The van der Waals surface area contributed by atoms with Gasteiger partial charge in [-0.3, -0.25) is 0 Å². The minimum absolute atomic E-state index is 0.0311. The second-order valence-electron chi connectivity index (χ2n) is 16.9. The summed E-state index contributed by atoms with van der Waals surface area (Å²) in [5.41, 5.74) is 25.3. The van der Waals surface area contributed by atoms with Crippen molar-refractivity contribution in [3.05, 3.63) is 157 Å². The van der Waals surface area contributed by atoms with Crippen molar-refractivity contribution in [2.45, 2.75) is 75.0 Å². The van der Waals surface area contributed by atoms with Crippen LogP contribution in [0.15, 0.2) is 78.9 Å². The van der Waals surface area contributed by atoms with Crippen LogP contribution in [-0.2, 0) is 25.7 Å². The Bertz CT molecular complexity index is 3110. The molecule has 3 nitrogen and oxygen atoms in total. The van der Waals surface area contributed by atoms with Crippen LogP contribution in [0.3, 0.4) is 0 Å². The first kappa shape index (κ1) is 27.7. The van der Waals surface area contributed by atoms with Gasteiger partial charge in [0.15, 0.2) is 0 Å². The van der Waals surface area contributed by atoms with Gasteiger partial charge in [0.05, 0.1) is 39.8 Å². The summed E-state index contributed by atoms with van der Waals surface area (Å²) in [6, 6.07) is 35.1. The van der Waals surface area contributed by atoms with Crippen LogP contribution in [-0.4, -0.2) is 4.40 Å². The van der Waals surface area contributed by atoms with E-state index in [1.807, 2.05) is 0 Å². The zero-order chi connectivity index (χ0) is 34.4. The molecule has 2 aromatic heterocycles. The Morgan fingerprint density at radius 1 is 0.491 bits per heavy atom. The average molecular weight is 676 g/mol. The molecule has 0 radical (unpaired) electrons. The minimum atomic E-state index is 0.0311. The lowest BCUT2D eigenvalue weighted by Gasteiger charge is -2.43. The summed E-state index contributed by atoms with van der Waals surface area (Å²) in [5.74, 6) is 1.08. The van der Waals surface area contributed by atoms with Crippen molar-refractivity contribution in [3.8, 4) is 23.3 Å². The Morgan fingerprint density at radius 2 is 0.981 bits per heavy atom. The number of benzene rings is 6. The molecular weight excluding hydrogens is 643 g/mol. The average Bonchev–Trinajstić information content (AvgIpc) is 3.75. The molecule has 0 amide bonds. The van der Waals surface area contributed by atoms with E-state index in [0.29, 0.717) is 11.8 Å². The van der Waals surface area contributed by atoms with Crippen molar-refractivity contribution in [3.63, 3.8) is 0 Å². The predicted octanol–water partition coefficient (Wildman–Crippen LogP) is 11.2. The zero-order valence-electron chi connectivity index (χ0n) is 29.3. The van der Waals surface area contributed by atoms with E-state index < -0.39 is 0 Å². The van der Waals surface area contributed by atoms with Gasteiger partial charge in [-0.05, 0) is 153 Å². The fraction of sp³-hybridized carbons (Fsp3) is 0.240. The third kappa shape index (κ3) is 2.96. The molecule has 4 bridgehead atoms. The van der Waals surface area contributed by atoms with Crippen molar-refractivity contribution in [1.29, 1.82) is 10.5 Å². The normalized spacial score (nSPS) is 22.1. The van der Waals surface area contributed by atoms with Crippen LogP contribution in [0.1, 0.15) is 127 Å². The van der Waals surface area contributed by atoms with Crippen LogP contribution in [0, 0.1) is 22.7 Å². The number of aryl methyl sites for hydroxylation is 4. The number of nitrogens with zero attached hydrogens (tertiary/aromatic N) is 3. The summed E-state index contributed by atoms with van der Waals surface area (Å²) in [5, 5.41) is 27.6. The van der Waals surface area contributed by atoms with E-state index in [1.165, 1.54) is 136 Å². The first-order valence-electron chi connectivity index (χ1n) is 19.8. The highest BCUT2D eigenvalue weighted by molar-refractivity contribution is 6.29. The topological polar surface area (TPSA) is 52.0 Å². The van der Waals surface area contributed by atoms with E-state index in [0.717, 1.165) is 42.3 Å². The summed E-state index contributed by atoms with van der Waals surface area (Å²) in [4.78, 5) is 0. The Kier molecular flexibility index (Phi) is 4.80. The Hall–Kier alpha value is -5.90. The molecule has 8 aromatic rings. The third-order valence-corrected chi connectivity index (χ3v) is 15.0. The van der Waals surface area contributed by atoms with Gasteiger partial charge in [-0.2, -0.15) is 10.5 Å². The molecule has 0 spiro atoms. The van der Waals surface area contributed by atoms with Crippen molar-refractivity contribution >= 4 is 38.1 Å². The highest BCUT2D eigenvalue weighted by atomic mass is 14.9. The molecule has 53 heavy (non-hydrogen) atoms. The summed E-state index contributed by atoms with van der Waals surface area (Å²) in [7, 11) is 0. The molecule has 0 N–H and O–H groups in total. The molecule has 1 fully saturated rings. The molecule has 8 aliphatic rings. The third-order valence-electron chi connectivity index (χ3n) is 15.0. The van der Waals surface area contributed by atoms with Gasteiger partial charge in [0.25, 0.3) is 0 Å². The summed E-state index contributed by atoms with van der Waals surface area (Å²) >= 11 is 0. The molecule has 0 aliphatic heterocycles. The monoisotopic (exact) mass is 675 g/mol. The van der Waals surface area contributed by atoms with Crippen LogP contribution in [0.4, 0.5) is 0 Å². The van der Waals surface area contributed by atoms with Gasteiger partial charge in [0.1, 0.15) is 0 Å². The van der Waals surface area contributed by atoms with Crippen LogP contribution in [0.2, 0.25) is 0 Å². The molecule has 16 rings (SSSR count). The first-order valence-corrected chi connectivity index (χ1v) is 19.8.